The second-order valence-corrected chi connectivity index (χ2v) is 9.20. The summed E-state index contributed by atoms with van der Waals surface area (Å²) in [6, 6.07) is 13.2. The molecular formula is C21H26N2O4S. The van der Waals surface area contributed by atoms with Gasteiger partial charge < -0.3 is 9.47 Å². The number of ether oxygens (including phenoxy) is 2. The van der Waals surface area contributed by atoms with Crippen LogP contribution in [0.2, 0.25) is 0 Å². The second-order valence-electron chi connectivity index (χ2n) is 7.27. The number of rotatable bonds is 4. The van der Waals surface area contributed by atoms with Crippen LogP contribution in [0.1, 0.15) is 17.5 Å². The molecule has 0 aromatic heterocycles. The van der Waals surface area contributed by atoms with E-state index in [1.807, 2.05) is 12.1 Å². The molecule has 6 nitrogen and oxygen atoms in total. The average molecular weight is 403 g/mol. The van der Waals surface area contributed by atoms with Gasteiger partial charge in [-0.2, -0.15) is 4.31 Å². The van der Waals surface area contributed by atoms with Crippen molar-refractivity contribution in [2.75, 3.05) is 39.4 Å². The van der Waals surface area contributed by atoms with Gasteiger partial charge in [-0.3, -0.25) is 4.90 Å². The Balaban J connectivity index is 1.44. The van der Waals surface area contributed by atoms with Crippen molar-refractivity contribution in [2.24, 2.45) is 0 Å². The number of sulfonamides is 1. The van der Waals surface area contributed by atoms with E-state index in [2.05, 4.69) is 24.0 Å². The Labute approximate surface area is 166 Å². The summed E-state index contributed by atoms with van der Waals surface area (Å²) in [5.74, 6) is 1.12. The molecule has 2 aromatic carbocycles. The summed E-state index contributed by atoms with van der Waals surface area (Å²) in [7, 11) is -3.54. The van der Waals surface area contributed by atoms with Gasteiger partial charge in [0.25, 0.3) is 0 Å². The fourth-order valence-electron chi connectivity index (χ4n) is 3.61. The van der Waals surface area contributed by atoms with Crippen LogP contribution in [0.25, 0.3) is 0 Å². The maximum atomic E-state index is 13.1. The highest BCUT2D eigenvalue weighted by atomic mass is 32.2. The van der Waals surface area contributed by atoms with E-state index in [0.29, 0.717) is 37.8 Å². The number of nitrogens with zero attached hydrogens (tertiary/aromatic N) is 2. The van der Waals surface area contributed by atoms with Gasteiger partial charge in [0.15, 0.2) is 11.5 Å². The lowest BCUT2D eigenvalue weighted by atomic mass is 10.1. The molecule has 0 radical (unpaired) electrons. The van der Waals surface area contributed by atoms with Crippen molar-refractivity contribution < 1.29 is 17.9 Å². The van der Waals surface area contributed by atoms with Crippen LogP contribution >= 0.6 is 0 Å². The van der Waals surface area contributed by atoms with Crippen LogP contribution in [0.3, 0.4) is 0 Å². The first-order valence-electron chi connectivity index (χ1n) is 9.71. The second kappa shape index (κ2) is 8.11. The minimum absolute atomic E-state index is 0.268. The topological polar surface area (TPSA) is 59.1 Å². The van der Waals surface area contributed by atoms with E-state index >= 15 is 0 Å². The van der Waals surface area contributed by atoms with Crippen molar-refractivity contribution in [1.82, 2.24) is 9.21 Å². The molecule has 0 aliphatic carbocycles. The Hall–Kier alpha value is -2.09. The molecule has 0 spiro atoms. The monoisotopic (exact) mass is 402 g/mol. The predicted octanol–water partition coefficient (Wildman–Crippen LogP) is 2.66. The van der Waals surface area contributed by atoms with Crippen LogP contribution in [0.5, 0.6) is 11.5 Å². The fourth-order valence-corrected chi connectivity index (χ4v) is 5.05. The molecular weight excluding hydrogens is 376 g/mol. The third-order valence-corrected chi connectivity index (χ3v) is 7.24. The summed E-state index contributed by atoms with van der Waals surface area (Å²) in [4.78, 5) is 2.58. The summed E-state index contributed by atoms with van der Waals surface area (Å²) in [6.45, 7) is 6.50. The number of piperazine rings is 1. The van der Waals surface area contributed by atoms with Gasteiger partial charge in [-0.25, -0.2) is 8.42 Å². The first kappa shape index (κ1) is 19.2. The zero-order valence-electron chi connectivity index (χ0n) is 16.1. The van der Waals surface area contributed by atoms with Gasteiger partial charge >= 0.3 is 0 Å². The molecule has 0 atom stereocenters. The Bertz CT molecular complexity index is 937. The van der Waals surface area contributed by atoms with Crippen molar-refractivity contribution in [2.45, 2.75) is 24.8 Å². The highest BCUT2D eigenvalue weighted by Gasteiger charge is 2.29. The molecule has 0 unspecified atom stereocenters. The number of hydrogen-bond donors (Lipinski definition) is 0. The van der Waals surface area contributed by atoms with E-state index in [4.69, 9.17) is 9.47 Å². The molecule has 7 heteroatoms. The van der Waals surface area contributed by atoms with Crippen LogP contribution in [-0.4, -0.2) is 57.0 Å². The highest BCUT2D eigenvalue weighted by molar-refractivity contribution is 7.89. The molecule has 2 aromatic rings. The van der Waals surface area contributed by atoms with Crippen molar-refractivity contribution >= 4 is 10.0 Å². The lowest BCUT2D eigenvalue weighted by Gasteiger charge is -2.34. The molecule has 0 N–H and O–H groups in total. The van der Waals surface area contributed by atoms with E-state index in [1.165, 1.54) is 11.1 Å². The molecule has 4 rings (SSSR count). The quantitative estimate of drug-likeness (QED) is 0.787. The minimum Gasteiger partial charge on any atom is -0.490 e. The van der Waals surface area contributed by atoms with E-state index in [-0.39, 0.29) is 4.90 Å². The molecule has 0 bridgehead atoms. The van der Waals surface area contributed by atoms with Crippen LogP contribution in [-0.2, 0) is 16.6 Å². The third-order valence-electron chi connectivity index (χ3n) is 5.34. The number of aryl methyl sites for hydroxylation is 1. The Morgan fingerprint density at radius 2 is 1.64 bits per heavy atom. The van der Waals surface area contributed by atoms with Gasteiger partial charge in [0, 0.05) is 45.2 Å². The van der Waals surface area contributed by atoms with Crippen molar-refractivity contribution in [3.63, 3.8) is 0 Å². The summed E-state index contributed by atoms with van der Waals surface area (Å²) in [6.07, 6.45) is 0.791. The van der Waals surface area contributed by atoms with E-state index in [9.17, 15) is 8.42 Å². The van der Waals surface area contributed by atoms with Crippen molar-refractivity contribution in [3.8, 4) is 11.5 Å². The van der Waals surface area contributed by atoms with Crippen LogP contribution in [0, 0.1) is 6.92 Å². The van der Waals surface area contributed by atoms with Crippen LogP contribution in [0.4, 0.5) is 0 Å². The minimum atomic E-state index is -3.54. The highest BCUT2D eigenvalue weighted by Crippen LogP contribution is 2.33. The normalized spacial score (nSPS) is 18.6. The number of benzene rings is 2. The van der Waals surface area contributed by atoms with Crippen LogP contribution in [0.15, 0.2) is 47.4 Å². The number of hydrogen-bond acceptors (Lipinski definition) is 5. The van der Waals surface area contributed by atoms with Gasteiger partial charge in [-0.15, -0.1) is 0 Å². The summed E-state index contributed by atoms with van der Waals surface area (Å²) in [5.41, 5.74) is 2.56. The smallest absolute Gasteiger partial charge is 0.243 e. The Morgan fingerprint density at radius 1 is 0.929 bits per heavy atom. The largest absolute Gasteiger partial charge is 0.490 e. The summed E-state index contributed by atoms with van der Waals surface area (Å²) >= 11 is 0. The Morgan fingerprint density at radius 3 is 2.39 bits per heavy atom. The van der Waals surface area contributed by atoms with Gasteiger partial charge in [0.1, 0.15) is 0 Å². The lowest BCUT2D eigenvalue weighted by Crippen LogP contribution is -2.48. The average Bonchev–Trinajstić information content (AvgIpc) is 2.95. The first-order chi connectivity index (χ1) is 13.5. The molecule has 0 amide bonds. The van der Waals surface area contributed by atoms with Crippen molar-refractivity contribution in [3.05, 3.63) is 53.6 Å². The predicted molar refractivity (Wildman–Crippen MR) is 107 cm³/mol. The molecule has 150 valence electrons. The molecule has 2 heterocycles. The molecule has 1 saturated heterocycles. The van der Waals surface area contributed by atoms with Crippen LogP contribution < -0.4 is 9.47 Å². The standard InChI is InChI=1S/C21H26N2O4S/c1-17-5-2-3-6-18(17)16-22-9-11-23(12-10-22)28(24,25)19-7-8-20-21(15-19)27-14-4-13-26-20/h2-3,5-8,15H,4,9-14,16H2,1H3. The summed E-state index contributed by atoms with van der Waals surface area (Å²) < 4.78 is 39.0. The molecule has 28 heavy (non-hydrogen) atoms. The third kappa shape index (κ3) is 4.01. The fraction of sp³-hybridized carbons (Fsp3) is 0.429. The van der Waals surface area contributed by atoms with Gasteiger partial charge in [-0.1, -0.05) is 24.3 Å². The maximum Gasteiger partial charge on any atom is 0.243 e. The van der Waals surface area contributed by atoms with Gasteiger partial charge in [0.2, 0.25) is 10.0 Å². The van der Waals surface area contributed by atoms with Gasteiger partial charge in [0.05, 0.1) is 18.1 Å². The summed E-state index contributed by atoms with van der Waals surface area (Å²) in [5, 5.41) is 0. The number of fused-ring (bicyclic) bond motifs is 1. The lowest BCUT2D eigenvalue weighted by molar-refractivity contribution is 0.181. The van der Waals surface area contributed by atoms with E-state index in [0.717, 1.165) is 26.1 Å². The van der Waals surface area contributed by atoms with E-state index < -0.39 is 10.0 Å². The molecule has 1 fully saturated rings. The molecule has 2 aliphatic heterocycles. The zero-order chi connectivity index (χ0) is 19.6. The SMILES string of the molecule is Cc1ccccc1CN1CCN(S(=O)(=O)c2ccc3c(c2)OCCCO3)CC1. The maximum absolute atomic E-state index is 13.1. The zero-order valence-corrected chi connectivity index (χ0v) is 17.0. The molecule has 2 aliphatic rings. The first-order valence-corrected chi connectivity index (χ1v) is 11.1. The van der Waals surface area contributed by atoms with Crippen molar-refractivity contribution in [1.29, 1.82) is 0 Å². The van der Waals surface area contributed by atoms with Gasteiger partial charge in [-0.05, 0) is 30.2 Å². The Kier molecular flexibility index (Phi) is 5.57. The van der Waals surface area contributed by atoms with E-state index in [1.54, 1.807) is 22.5 Å². The molecule has 0 saturated carbocycles.